The first-order valence-corrected chi connectivity index (χ1v) is 8.42. The third-order valence-corrected chi connectivity index (χ3v) is 4.69. The van der Waals surface area contributed by atoms with E-state index < -0.39 is 17.4 Å². The van der Waals surface area contributed by atoms with Crippen LogP contribution in [0.4, 0.5) is 9.18 Å². The molecule has 1 saturated carbocycles. The number of rotatable bonds is 6. The molecule has 132 valence electrons. The molecule has 1 aliphatic rings. The van der Waals surface area contributed by atoms with Gasteiger partial charge in [-0.15, -0.1) is 0 Å². The predicted molar refractivity (Wildman–Crippen MR) is 92.6 cm³/mol. The van der Waals surface area contributed by atoms with Crippen LogP contribution in [0.15, 0.2) is 42.7 Å². The molecule has 3 rings (SSSR count). The first-order valence-electron chi connectivity index (χ1n) is 8.42. The average molecular weight is 343 g/mol. The van der Waals surface area contributed by atoms with Gasteiger partial charge in [0.2, 0.25) is 0 Å². The Morgan fingerprint density at radius 3 is 2.68 bits per heavy atom. The van der Waals surface area contributed by atoms with Gasteiger partial charge < -0.3 is 15.8 Å². The zero-order valence-electron chi connectivity index (χ0n) is 14.2. The Balaban J connectivity index is 1.97. The van der Waals surface area contributed by atoms with Crippen molar-refractivity contribution in [3.63, 3.8) is 0 Å². The van der Waals surface area contributed by atoms with Crippen molar-refractivity contribution >= 4 is 6.09 Å². The van der Waals surface area contributed by atoms with Crippen LogP contribution in [0.25, 0.3) is 0 Å². The molecule has 25 heavy (non-hydrogen) atoms. The van der Waals surface area contributed by atoms with Gasteiger partial charge in [0, 0.05) is 19.4 Å². The van der Waals surface area contributed by atoms with Gasteiger partial charge in [0.25, 0.3) is 0 Å². The lowest BCUT2D eigenvalue weighted by Crippen LogP contribution is -2.38. The molecule has 3 N–H and O–H groups in total. The average Bonchev–Trinajstić information content (AvgIpc) is 3.46. The van der Waals surface area contributed by atoms with E-state index in [1.165, 1.54) is 32.0 Å². The number of hydrogen-bond acceptors (Lipinski definition) is 4. The third kappa shape index (κ3) is 3.96. The van der Waals surface area contributed by atoms with Crippen LogP contribution >= 0.6 is 0 Å². The molecule has 0 radical (unpaired) electrons. The minimum Gasteiger partial charge on any atom is -0.407 e. The molecule has 1 aromatic carbocycles. The SMILES string of the molecule is CNC(=O)Oc1cc(C(N)(CCC2CC2)c2ccncc2)ccc1F. The van der Waals surface area contributed by atoms with Crippen LogP contribution < -0.4 is 15.8 Å². The predicted octanol–water partition coefficient (Wildman–Crippen LogP) is 3.33. The first-order chi connectivity index (χ1) is 12.0. The number of nitrogens with zero attached hydrogens (tertiary/aromatic N) is 1. The fourth-order valence-corrected chi connectivity index (χ4v) is 2.95. The van der Waals surface area contributed by atoms with Gasteiger partial charge >= 0.3 is 6.09 Å². The van der Waals surface area contributed by atoms with Crippen LogP contribution in [0.1, 0.15) is 36.8 Å². The third-order valence-electron chi connectivity index (χ3n) is 4.69. The zero-order chi connectivity index (χ0) is 17.9. The number of pyridine rings is 1. The Hall–Kier alpha value is -2.47. The normalized spacial score (nSPS) is 16.1. The van der Waals surface area contributed by atoms with Crippen LogP contribution in [-0.4, -0.2) is 18.1 Å². The van der Waals surface area contributed by atoms with E-state index in [1.54, 1.807) is 18.5 Å². The van der Waals surface area contributed by atoms with Crippen molar-refractivity contribution in [2.24, 2.45) is 11.7 Å². The maximum atomic E-state index is 14.0. The summed E-state index contributed by atoms with van der Waals surface area (Å²) in [5, 5.41) is 2.31. The Bertz CT molecular complexity index is 750. The van der Waals surface area contributed by atoms with E-state index in [4.69, 9.17) is 10.5 Å². The minimum atomic E-state index is -0.792. The molecular weight excluding hydrogens is 321 g/mol. The molecule has 6 heteroatoms. The number of ether oxygens (including phenoxy) is 1. The standard InChI is InChI=1S/C19H22FN3O2/c1-22-18(24)25-17-12-15(4-5-16(17)20)19(21,9-6-13-2-3-13)14-7-10-23-11-8-14/h4-5,7-8,10-13H,2-3,6,9,21H2,1H3,(H,22,24). The van der Waals surface area contributed by atoms with E-state index in [9.17, 15) is 9.18 Å². The van der Waals surface area contributed by atoms with Gasteiger partial charge in [0.15, 0.2) is 11.6 Å². The van der Waals surface area contributed by atoms with Crippen LogP contribution in [0.2, 0.25) is 0 Å². The molecule has 0 saturated heterocycles. The van der Waals surface area contributed by atoms with Gasteiger partial charge in [-0.3, -0.25) is 4.98 Å². The summed E-state index contributed by atoms with van der Waals surface area (Å²) in [7, 11) is 1.42. The molecule has 0 aliphatic heterocycles. The summed E-state index contributed by atoms with van der Waals surface area (Å²) in [6.45, 7) is 0. The molecule has 1 aromatic heterocycles. The van der Waals surface area contributed by atoms with Crippen molar-refractivity contribution in [1.29, 1.82) is 0 Å². The Kier molecular flexibility index (Phi) is 4.99. The van der Waals surface area contributed by atoms with Gasteiger partial charge in [0.1, 0.15) is 0 Å². The first kappa shape index (κ1) is 17.4. The second-order valence-electron chi connectivity index (χ2n) is 6.47. The van der Waals surface area contributed by atoms with Gasteiger partial charge in [-0.2, -0.15) is 0 Å². The number of hydrogen-bond donors (Lipinski definition) is 2. The molecular formula is C19H22FN3O2. The molecule has 1 fully saturated rings. The van der Waals surface area contributed by atoms with Gasteiger partial charge in [-0.05, 0) is 54.2 Å². The number of carbonyl (C=O) groups is 1. The van der Waals surface area contributed by atoms with Gasteiger partial charge in [0.05, 0.1) is 5.54 Å². The number of halogens is 1. The number of nitrogens with two attached hydrogens (primary N) is 1. The van der Waals surface area contributed by atoms with E-state index in [2.05, 4.69) is 10.3 Å². The fourth-order valence-electron chi connectivity index (χ4n) is 2.95. The van der Waals surface area contributed by atoms with Gasteiger partial charge in [-0.25, -0.2) is 9.18 Å². The molecule has 1 atom stereocenters. The molecule has 1 heterocycles. The van der Waals surface area contributed by atoms with Crippen LogP contribution in [0.3, 0.4) is 0 Å². The highest BCUT2D eigenvalue weighted by Crippen LogP contribution is 2.40. The van der Waals surface area contributed by atoms with E-state index in [1.807, 2.05) is 12.1 Å². The number of amides is 1. The molecule has 5 nitrogen and oxygen atoms in total. The van der Waals surface area contributed by atoms with Crippen molar-refractivity contribution in [3.8, 4) is 5.75 Å². The second kappa shape index (κ2) is 7.19. The summed E-state index contributed by atoms with van der Waals surface area (Å²) < 4.78 is 19.0. The summed E-state index contributed by atoms with van der Waals surface area (Å²) >= 11 is 0. The fraction of sp³-hybridized carbons (Fsp3) is 0.368. The highest BCUT2D eigenvalue weighted by molar-refractivity contribution is 5.70. The molecule has 1 unspecified atom stereocenters. The van der Waals surface area contributed by atoms with Crippen molar-refractivity contribution in [1.82, 2.24) is 10.3 Å². The number of aromatic nitrogens is 1. The van der Waals surface area contributed by atoms with Gasteiger partial charge in [-0.1, -0.05) is 18.9 Å². The monoisotopic (exact) mass is 343 g/mol. The molecule has 1 aliphatic carbocycles. The smallest absolute Gasteiger partial charge is 0.407 e. The topological polar surface area (TPSA) is 77.2 Å². The lowest BCUT2D eigenvalue weighted by atomic mass is 9.80. The molecule has 0 spiro atoms. The molecule has 1 amide bonds. The van der Waals surface area contributed by atoms with Crippen LogP contribution in [0.5, 0.6) is 5.75 Å². The number of carbonyl (C=O) groups excluding carboxylic acids is 1. The van der Waals surface area contributed by atoms with Crippen molar-refractivity contribution in [3.05, 3.63) is 59.7 Å². The summed E-state index contributed by atoms with van der Waals surface area (Å²) in [5.41, 5.74) is 7.61. The zero-order valence-corrected chi connectivity index (χ0v) is 14.2. The number of benzene rings is 1. The summed E-state index contributed by atoms with van der Waals surface area (Å²) in [6, 6.07) is 8.19. The number of nitrogens with one attached hydrogen (secondary N) is 1. The van der Waals surface area contributed by atoms with Crippen LogP contribution in [-0.2, 0) is 5.54 Å². The summed E-state index contributed by atoms with van der Waals surface area (Å²) in [5.74, 6) is -0.0226. The summed E-state index contributed by atoms with van der Waals surface area (Å²) in [6.07, 6.45) is 6.87. The lowest BCUT2D eigenvalue weighted by molar-refractivity contribution is 0.200. The molecule has 0 bridgehead atoms. The highest BCUT2D eigenvalue weighted by Gasteiger charge is 2.33. The maximum absolute atomic E-state index is 14.0. The minimum absolute atomic E-state index is 0.132. The van der Waals surface area contributed by atoms with Crippen LogP contribution in [0, 0.1) is 11.7 Å². The Morgan fingerprint density at radius 2 is 2.04 bits per heavy atom. The lowest BCUT2D eigenvalue weighted by Gasteiger charge is -2.31. The maximum Gasteiger partial charge on any atom is 0.412 e. The van der Waals surface area contributed by atoms with E-state index in [0.717, 1.165) is 18.4 Å². The highest BCUT2D eigenvalue weighted by atomic mass is 19.1. The Labute approximate surface area is 146 Å². The molecule has 2 aromatic rings. The second-order valence-corrected chi connectivity index (χ2v) is 6.47. The van der Waals surface area contributed by atoms with Crippen molar-refractivity contribution < 1.29 is 13.9 Å². The summed E-state index contributed by atoms with van der Waals surface area (Å²) in [4.78, 5) is 15.5. The van der Waals surface area contributed by atoms with Crippen molar-refractivity contribution in [2.45, 2.75) is 31.2 Å². The van der Waals surface area contributed by atoms with E-state index in [0.29, 0.717) is 11.5 Å². The van der Waals surface area contributed by atoms with E-state index >= 15 is 0 Å². The Morgan fingerprint density at radius 1 is 1.32 bits per heavy atom. The van der Waals surface area contributed by atoms with Crippen molar-refractivity contribution in [2.75, 3.05) is 7.05 Å². The quantitative estimate of drug-likeness (QED) is 0.843. The van der Waals surface area contributed by atoms with E-state index in [-0.39, 0.29) is 5.75 Å². The largest absolute Gasteiger partial charge is 0.412 e.